The lowest BCUT2D eigenvalue weighted by Crippen LogP contribution is -2.47. The van der Waals surface area contributed by atoms with Gasteiger partial charge in [-0.1, -0.05) is 64.7 Å². The van der Waals surface area contributed by atoms with E-state index in [1.807, 2.05) is 0 Å². The van der Waals surface area contributed by atoms with Crippen LogP contribution in [0.1, 0.15) is 85.0 Å². The first-order chi connectivity index (χ1) is 10.6. The van der Waals surface area contributed by atoms with Gasteiger partial charge in [0.15, 0.2) is 6.54 Å². The largest absolute Gasteiger partial charge is 0.462 e. The SMILES string of the molecule is CCCCCCCCCCCCOC(=O)C[N+](C)(CC)CC. The molecule has 0 unspecified atom stereocenters. The molecule has 0 aliphatic rings. The van der Waals surface area contributed by atoms with Crippen molar-refractivity contribution < 1.29 is 14.0 Å². The Hall–Kier alpha value is -0.570. The molecule has 0 bridgehead atoms. The van der Waals surface area contributed by atoms with Gasteiger partial charge in [0.1, 0.15) is 0 Å². The summed E-state index contributed by atoms with van der Waals surface area (Å²) in [5, 5.41) is 0. The summed E-state index contributed by atoms with van der Waals surface area (Å²) in [5.41, 5.74) is 0. The number of unbranched alkanes of at least 4 members (excludes halogenated alkanes) is 9. The van der Waals surface area contributed by atoms with Crippen molar-refractivity contribution in [2.75, 3.05) is 33.3 Å². The molecule has 0 aromatic carbocycles. The molecule has 0 aliphatic heterocycles. The Morgan fingerprint density at radius 3 is 1.68 bits per heavy atom. The highest BCUT2D eigenvalue weighted by atomic mass is 16.5. The molecule has 0 N–H and O–H groups in total. The normalized spacial score (nSPS) is 11.6. The second-order valence-corrected chi connectivity index (χ2v) is 6.81. The van der Waals surface area contributed by atoms with E-state index in [0.29, 0.717) is 13.2 Å². The van der Waals surface area contributed by atoms with Crippen molar-refractivity contribution >= 4 is 5.97 Å². The smallest absolute Gasteiger partial charge is 0.361 e. The maximum atomic E-state index is 11.8. The van der Waals surface area contributed by atoms with Gasteiger partial charge in [0.25, 0.3) is 0 Å². The molecule has 0 amide bonds. The van der Waals surface area contributed by atoms with Crippen molar-refractivity contribution in [3.8, 4) is 0 Å². The first-order valence-electron chi connectivity index (χ1n) is 9.57. The Bertz CT molecular complexity index is 262. The fourth-order valence-corrected chi connectivity index (χ4v) is 2.58. The van der Waals surface area contributed by atoms with Gasteiger partial charge in [0, 0.05) is 0 Å². The molecule has 3 nitrogen and oxygen atoms in total. The lowest BCUT2D eigenvalue weighted by molar-refractivity contribution is -0.899. The van der Waals surface area contributed by atoms with Gasteiger partial charge >= 0.3 is 5.97 Å². The number of carbonyl (C=O) groups excluding carboxylic acids is 1. The van der Waals surface area contributed by atoms with Gasteiger partial charge in [0.05, 0.1) is 26.7 Å². The highest BCUT2D eigenvalue weighted by Gasteiger charge is 2.21. The van der Waals surface area contributed by atoms with E-state index in [1.54, 1.807) is 0 Å². The summed E-state index contributed by atoms with van der Waals surface area (Å²) in [7, 11) is 2.11. The second kappa shape index (κ2) is 14.0. The van der Waals surface area contributed by atoms with Gasteiger partial charge in [-0.2, -0.15) is 0 Å². The van der Waals surface area contributed by atoms with E-state index in [1.165, 1.54) is 57.8 Å². The number of hydrogen-bond acceptors (Lipinski definition) is 2. The highest BCUT2D eigenvalue weighted by Crippen LogP contribution is 2.10. The number of hydrogen-bond donors (Lipinski definition) is 0. The molecule has 0 heterocycles. The summed E-state index contributed by atoms with van der Waals surface area (Å²) in [4.78, 5) is 11.8. The Morgan fingerprint density at radius 1 is 0.773 bits per heavy atom. The average Bonchev–Trinajstić information content (AvgIpc) is 2.52. The van der Waals surface area contributed by atoms with Gasteiger partial charge in [0.2, 0.25) is 0 Å². The van der Waals surface area contributed by atoms with E-state index in [9.17, 15) is 4.79 Å². The fourth-order valence-electron chi connectivity index (χ4n) is 2.58. The molecule has 0 fully saturated rings. The minimum absolute atomic E-state index is 0.0397. The molecular formula is C19H40NO2+. The Kier molecular flexibility index (Phi) is 13.7. The number of carbonyl (C=O) groups is 1. The van der Waals surface area contributed by atoms with Crippen molar-refractivity contribution in [2.24, 2.45) is 0 Å². The van der Waals surface area contributed by atoms with Crippen LogP contribution in [0, 0.1) is 0 Å². The summed E-state index contributed by atoms with van der Waals surface area (Å²) in [6, 6.07) is 0. The van der Waals surface area contributed by atoms with Crippen LogP contribution < -0.4 is 0 Å². The zero-order valence-electron chi connectivity index (χ0n) is 15.7. The van der Waals surface area contributed by atoms with Gasteiger partial charge in [-0.3, -0.25) is 0 Å². The van der Waals surface area contributed by atoms with E-state index < -0.39 is 0 Å². The van der Waals surface area contributed by atoms with Crippen LogP contribution in [-0.2, 0) is 9.53 Å². The number of quaternary nitrogens is 1. The predicted octanol–water partition coefficient (Wildman–Crippen LogP) is 4.94. The standard InChI is InChI=1S/C19H40NO2/c1-5-8-9-10-11-12-13-14-15-16-17-22-19(21)18-20(4,6-2)7-3/h5-18H2,1-4H3/q+1. The number of rotatable bonds is 15. The van der Waals surface area contributed by atoms with Crippen LogP contribution >= 0.6 is 0 Å². The zero-order valence-corrected chi connectivity index (χ0v) is 15.7. The lowest BCUT2D eigenvalue weighted by atomic mass is 10.1. The van der Waals surface area contributed by atoms with Crippen LogP contribution in [-0.4, -0.2) is 43.7 Å². The van der Waals surface area contributed by atoms with Gasteiger partial charge < -0.3 is 9.22 Å². The summed E-state index contributed by atoms with van der Waals surface area (Å²) in [5.74, 6) is -0.0397. The Morgan fingerprint density at radius 2 is 1.23 bits per heavy atom. The van der Waals surface area contributed by atoms with Gasteiger partial charge in [-0.25, -0.2) is 4.79 Å². The Labute approximate surface area is 139 Å². The maximum Gasteiger partial charge on any atom is 0.361 e. The van der Waals surface area contributed by atoms with Crippen LogP contribution in [0.3, 0.4) is 0 Å². The lowest BCUT2D eigenvalue weighted by Gasteiger charge is -2.30. The number of ether oxygens (including phenoxy) is 1. The third-order valence-corrected chi connectivity index (χ3v) is 4.80. The first kappa shape index (κ1) is 21.4. The summed E-state index contributed by atoms with van der Waals surface area (Å²) >= 11 is 0. The third-order valence-electron chi connectivity index (χ3n) is 4.80. The highest BCUT2D eigenvalue weighted by molar-refractivity contribution is 5.70. The van der Waals surface area contributed by atoms with Crippen LogP contribution in [0.4, 0.5) is 0 Å². The van der Waals surface area contributed by atoms with Crippen molar-refractivity contribution in [2.45, 2.75) is 85.0 Å². The molecule has 0 aromatic heterocycles. The minimum Gasteiger partial charge on any atom is -0.462 e. The quantitative estimate of drug-likeness (QED) is 0.243. The van der Waals surface area contributed by atoms with Crippen molar-refractivity contribution in [1.29, 1.82) is 0 Å². The third kappa shape index (κ3) is 12.0. The van der Waals surface area contributed by atoms with Gasteiger partial charge in [-0.05, 0) is 20.3 Å². The molecule has 0 spiro atoms. The van der Waals surface area contributed by atoms with Crippen molar-refractivity contribution in [3.63, 3.8) is 0 Å². The van der Waals surface area contributed by atoms with Crippen LogP contribution in [0.15, 0.2) is 0 Å². The molecular weight excluding hydrogens is 274 g/mol. The van der Waals surface area contributed by atoms with E-state index >= 15 is 0 Å². The molecule has 0 atom stereocenters. The predicted molar refractivity (Wildman–Crippen MR) is 94.9 cm³/mol. The summed E-state index contributed by atoms with van der Waals surface area (Å²) in [6.45, 7) is 9.57. The maximum absolute atomic E-state index is 11.8. The molecule has 0 saturated carbocycles. The zero-order chi connectivity index (χ0) is 16.7. The second-order valence-electron chi connectivity index (χ2n) is 6.81. The van der Waals surface area contributed by atoms with Gasteiger partial charge in [-0.15, -0.1) is 0 Å². The summed E-state index contributed by atoms with van der Waals surface area (Å²) in [6.07, 6.45) is 13.1. The molecule has 0 radical (unpaired) electrons. The molecule has 0 aliphatic carbocycles. The number of nitrogens with zero attached hydrogens (tertiary/aromatic N) is 1. The fraction of sp³-hybridized carbons (Fsp3) is 0.947. The minimum atomic E-state index is -0.0397. The van der Waals surface area contributed by atoms with Crippen molar-refractivity contribution in [3.05, 3.63) is 0 Å². The van der Waals surface area contributed by atoms with E-state index in [-0.39, 0.29) is 5.97 Å². The average molecular weight is 315 g/mol. The van der Waals surface area contributed by atoms with Crippen LogP contribution in [0.2, 0.25) is 0 Å². The van der Waals surface area contributed by atoms with E-state index in [4.69, 9.17) is 4.74 Å². The topological polar surface area (TPSA) is 26.3 Å². The summed E-state index contributed by atoms with van der Waals surface area (Å²) < 4.78 is 6.13. The van der Waals surface area contributed by atoms with E-state index in [0.717, 1.165) is 24.0 Å². The molecule has 22 heavy (non-hydrogen) atoms. The molecule has 0 rings (SSSR count). The molecule has 132 valence electrons. The number of likely N-dealkylation sites (N-methyl/N-ethyl adjacent to an activating group) is 1. The molecule has 3 heteroatoms. The number of esters is 1. The Balaban J connectivity index is 3.37. The van der Waals surface area contributed by atoms with Crippen LogP contribution in [0.25, 0.3) is 0 Å². The first-order valence-corrected chi connectivity index (χ1v) is 9.57. The monoisotopic (exact) mass is 314 g/mol. The van der Waals surface area contributed by atoms with E-state index in [2.05, 4.69) is 27.8 Å². The molecule has 0 saturated heterocycles. The van der Waals surface area contributed by atoms with Crippen molar-refractivity contribution in [1.82, 2.24) is 0 Å². The molecule has 0 aromatic rings. The van der Waals surface area contributed by atoms with Crippen LogP contribution in [0.5, 0.6) is 0 Å².